The van der Waals surface area contributed by atoms with Crippen LogP contribution in [0.1, 0.15) is 5.56 Å². The van der Waals surface area contributed by atoms with Gasteiger partial charge in [-0.3, -0.25) is 10.1 Å². The van der Waals surface area contributed by atoms with Crippen molar-refractivity contribution in [3.8, 4) is 0 Å². The highest BCUT2D eigenvalue weighted by atomic mass is 19.1. The van der Waals surface area contributed by atoms with Crippen molar-refractivity contribution in [3.05, 3.63) is 33.6 Å². The molecule has 0 aliphatic carbocycles. The Labute approximate surface area is 96.8 Å². The normalized spacial score (nSPS) is 12.2. The number of halogens is 1. The molecule has 3 N–H and O–H groups in total. The third kappa shape index (κ3) is 3.36. The Morgan fingerprint density at radius 1 is 1.59 bits per heavy atom. The number of rotatable bonds is 5. The summed E-state index contributed by atoms with van der Waals surface area (Å²) >= 11 is 0. The Kier molecular flexibility index (Phi) is 4.36. The maximum atomic E-state index is 13.3. The molecule has 0 spiro atoms. The Hall–Kier alpha value is -1.73. The minimum Gasteiger partial charge on any atom is -0.394 e. The topological polar surface area (TPSA) is 95.6 Å². The van der Waals surface area contributed by atoms with Gasteiger partial charge in [0, 0.05) is 24.4 Å². The molecule has 0 aliphatic rings. The average Bonchev–Trinajstić information content (AvgIpc) is 2.28. The van der Waals surface area contributed by atoms with E-state index in [-0.39, 0.29) is 6.54 Å². The molecule has 1 rings (SSSR count). The maximum absolute atomic E-state index is 13.3. The molecule has 17 heavy (non-hydrogen) atoms. The Morgan fingerprint density at radius 3 is 2.76 bits per heavy atom. The van der Waals surface area contributed by atoms with Gasteiger partial charge in [0.25, 0.3) is 0 Å². The second-order valence-electron chi connectivity index (χ2n) is 3.59. The van der Waals surface area contributed by atoms with Gasteiger partial charge in [0.05, 0.1) is 17.6 Å². The number of aliphatic hydroxyl groups excluding tert-OH is 2. The van der Waals surface area contributed by atoms with Gasteiger partial charge in [-0.1, -0.05) is 0 Å². The number of nitrogens with one attached hydrogen (secondary N) is 1. The zero-order valence-electron chi connectivity index (χ0n) is 9.18. The molecule has 1 aromatic rings. The van der Waals surface area contributed by atoms with E-state index in [4.69, 9.17) is 10.2 Å². The lowest BCUT2D eigenvalue weighted by atomic mass is 10.1. The van der Waals surface area contributed by atoms with Gasteiger partial charge < -0.3 is 15.5 Å². The average molecular weight is 244 g/mol. The van der Waals surface area contributed by atoms with E-state index in [2.05, 4.69) is 5.32 Å². The van der Waals surface area contributed by atoms with Crippen LogP contribution in [0.2, 0.25) is 0 Å². The van der Waals surface area contributed by atoms with Crippen LogP contribution in [-0.4, -0.2) is 34.4 Å². The number of nitro benzene ring substituents is 1. The van der Waals surface area contributed by atoms with Crippen LogP contribution in [0.25, 0.3) is 0 Å². The van der Waals surface area contributed by atoms with E-state index in [0.29, 0.717) is 11.3 Å². The monoisotopic (exact) mass is 244 g/mol. The molecule has 6 nitrogen and oxygen atoms in total. The summed E-state index contributed by atoms with van der Waals surface area (Å²) in [6.07, 6.45) is -0.965. The minimum absolute atomic E-state index is 0.0363. The first-order valence-corrected chi connectivity index (χ1v) is 4.93. The van der Waals surface area contributed by atoms with Crippen LogP contribution in [0, 0.1) is 22.9 Å². The van der Waals surface area contributed by atoms with Gasteiger partial charge in [-0.15, -0.1) is 0 Å². The zero-order valence-corrected chi connectivity index (χ0v) is 9.18. The highest BCUT2D eigenvalue weighted by Gasteiger charge is 2.16. The molecule has 1 unspecified atom stereocenters. The fourth-order valence-corrected chi connectivity index (χ4v) is 1.29. The van der Waals surface area contributed by atoms with E-state index in [1.165, 1.54) is 0 Å². The molecule has 1 aromatic carbocycles. The Balaban J connectivity index is 2.88. The number of hydrogen-bond acceptors (Lipinski definition) is 5. The van der Waals surface area contributed by atoms with Gasteiger partial charge in [0.2, 0.25) is 5.82 Å². The smallest absolute Gasteiger partial charge is 0.305 e. The lowest BCUT2D eigenvalue weighted by Gasteiger charge is -2.12. The van der Waals surface area contributed by atoms with Crippen LogP contribution in [0.5, 0.6) is 0 Å². The quantitative estimate of drug-likeness (QED) is 0.526. The zero-order chi connectivity index (χ0) is 13.0. The number of aliphatic hydroxyl groups is 2. The first kappa shape index (κ1) is 13.3. The SMILES string of the molecule is Cc1cc([N+](=O)[O-])c(F)cc1NCC(O)CO. The van der Waals surface area contributed by atoms with Gasteiger partial charge in [0.1, 0.15) is 0 Å². The first-order chi connectivity index (χ1) is 7.95. The second-order valence-corrected chi connectivity index (χ2v) is 3.59. The summed E-state index contributed by atoms with van der Waals surface area (Å²) in [6, 6.07) is 2.11. The molecular formula is C10H13FN2O4. The minimum atomic E-state index is -0.965. The third-order valence-electron chi connectivity index (χ3n) is 2.23. The van der Waals surface area contributed by atoms with Gasteiger partial charge >= 0.3 is 5.69 Å². The highest BCUT2D eigenvalue weighted by molar-refractivity contribution is 5.56. The number of benzene rings is 1. The second kappa shape index (κ2) is 5.55. The first-order valence-electron chi connectivity index (χ1n) is 4.93. The van der Waals surface area contributed by atoms with E-state index in [9.17, 15) is 14.5 Å². The fraction of sp³-hybridized carbons (Fsp3) is 0.400. The van der Waals surface area contributed by atoms with Gasteiger partial charge in [0.15, 0.2) is 0 Å². The summed E-state index contributed by atoms with van der Waals surface area (Å²) in [6.45, 7) is 1.20. The molecule has 0 bridgehead atoms. The van der Waals surface area contributed by atoms with Crippen LogP contribution in [-0.2, 0) is 0 Å². The number of aryl methyl sites for hydroxylation is 1. The predicted molar refractivity (Wildman–Crippen MR) is 59.4 cm³/mol. The largest absolute Gasteiger partial charge is 0.394 e. The van der Waals surface area contributed by atoms with Crippen molar-refractivity contribution < 1.29 is 19.5 Å². The number of hydrogen-bond donors (Lipinski definition) is 3. The number of nitro groups is 1. The highest BCUT2D eigenvalue weighted by Crippen LogP contribution is 2.25. The molecule has 0 heterocycles. The molecule has 7 heteroatoms. The summed E-state index contributed by atoms with van der Waals surface area (Å²) in [5.74, 6) is -0.943. The summed E-state index contributed by atoms with van der Waals surface area (Å²) in [5, 5.41) is 30.9. The van der Waals surface area contributed by atoms with Gasteiger partial charge in [-0.2, -0.15) is 4.39 Å². The fourth-order valence-electron chi connectivity index (χ4n) is 1.29. The molecule has 0 radical (unpaired) electrons. The lowest BCUT2D eigenvalue weighted by Crippen LogP contribution is -2.23. The van der Waals surface area contributed by atoms with Crippen molar-refractivity contribution in [1.82, 2.24) is 0 Å². The number of nitrogens with zero attached hydrogens (tertiary/aromatic N) is 1. The van der Waals surface area contributed by atoms with Crippen molar-refractivity contribution in [2.24, 2.45) is 0 Å². The van der Waals surface area contributed by atoms with Crippen LogP contribution >= 0.6 is 0 Å². The Bertz CT molecular complexity index is 425. The molecule has 0 saturated heterocycles. The third-order valence-corrected chi connectivity index (χ3v) is 2.23. The molecule has 0 aliphatic heterocycles. The summed E-state index contributed by atoms with van der Waals surface area (Å²) in [7, 11) is 0. The van der Waals surface area contributed by atoms with Crippen molar-refractivity contribution in [3.63, 3.8) is 0 Å². The van der Waals surface area contributed by atoms with Crippen LogP contribution in [0.4, 0.5) is 15.8 Å². The van der Waals surface area contributed by atoms with Crippen molar-refractivity contribution in [2.45, 2.75) is 13.0 Å². The van der Waals surface area contributed by atoms with E-state index in [1.807, 2.05) is 0 Å². The summed E-state index contributed by atoms with van der Waals surface area (Å²) in [4.78, 5) is 9.67. The molecule has 0 amide bonds. The van der Waals surface area contributed by atoms with Crippen LogP contribution < -0.4 is 5.32 Å². The van der Waals surface area contributed by atoms with Gasteiger partial charge in [-0.25, -0.2) is 0 Å². The van der Waals surface area contributed by atoms with E-state index in [1.54, 1.807) is 6.92 Å². The molecule has 1 atom stereocenters. The van der Waals surface area contributed by atoms with Gasteiger partial charge in [-0.05, 0) is 12.5 Å². The molecule has 0 saturated carbocycles. The van der Waals surface area contributed by atoms with E-state index in [0.717, 1.165) is 12.1 Å². The molecule has 94 valence electrons. The van der Waals surface area contributed by atoms with Crippen molar-refractivity contribution in [1.29, 1.82) is 0 Å². The number of anilines is 1. The Morgan fingerprint density at radius 2 is 2.24 bits per heavy atom. The standard InChI is InChI=1S/C10H13FN2O4/c1-6-2-10(13(16)17)8(11)3-9(6)12-4-7(15)5-14/h2-3,7,12,14-15H,4-5H2,1H3. The maximum Gasteiger partial charge on any atom is 0.305 e. The summed E-state index contributed by atoms with van der Waals surface area (Å²) in [5.41, 5.74) is 0.250. The predicted octanol–water partition coefficient (Wildman–Crippen LogP) is 0.807. The van der Waals surface area contributed by atoms with Crippen LogP contribution in [0.3, 0.4) is 0 Å². The summed E-state index contributed by atoms with van der Waals surface area (Å²) < 4.78 is 13.3. The lowest BCUT2D eigenvalue weighted by molar-refractivity contribution is -0.387. The molecule has 0 aromatic heterocycles. The van der Waals surface area contributed by atoms with Crippen molar-refractivity contribution in [2.75, 3.05) is 18.5 Å². The molecular weight excluding hydrogens is 231 g/mol. The van der Waals surface area contributed by atoms with Crippen LogP contribution in [0.15, 0.2) is 12.1 Å². The van der Waals surface area contributed by atoms with Crippen molar-refractivity contribution >= 4 is 11.4 Å². The van der Waals surface area contributed by atoms with E-state index >= 15 is 0 Å². The van der Waals surface area contributed by atoms with E-state index < -0.39 is 29.1 Å². The molecule has 0 fully saturated rings.